The number of rotatable bonds is 1. The molecular weight excluding hydrogens is 208 g/mol. The second kappa shape index (κ2) is 3.01. The number of carboxylic acid groups (broad SMARTS) is 1. The van der Waals surface area contributed by atoms with Gasteiger partial charge in [0.15, 0.2) is 0 Å². The summed E-state index contributed by atoms with van der Waals surface area (Å²) in [7, 11) is 0. The maximum Gasteiger partial charge on any atom is 0.335 e. The molecule has 1 aromatic carbocycles. The van der Waals surface area contributed by atoms with Crippen LogP contribution in [-0.4, -0.2) is 11.1 Å². The normalized spacial score (nSPS) is 10.5. The van der Waals surface area contributed by atoms with Crippen molar-refractivity contribution in [3.63, 3.8) is 0 Å². The molecule has 13 heavy (non-hydrogen) atoms. The molecule has 0 bridgehead atoms. The average Bonchev–Trinajstić information content (AvgIpc) is 2.42. The van der Waals surface area contributed by atoms with Crippen molar-refractivity contribution in [1.29, 1.82) is 0 Å². The lowest BCUT2D eigenvalue weighted by Gasteiger charge is -1.92. The van der Waals surface area contributed by atoms with E-state index in [1.54, 1.807) is 18.2 Å². The maximum atomic E-state index is 10.6. The monoisotopic (exact) mass is 212 g/mol. The fraction of sp³-hybridized carbons (Fsp3) is 0. The molecule has 1 aromatic heterocycles. The zero-order valence-electron chi connectivity index (χ0n) is 6.45. The van der Waals surface area contributed by atoms with Crippen molar-refractivity contribution in [2.45, 2.75) is 0 Å². The van der Waals surface area contributed by atoms with E-state index in [9.17, 15) is 4.79 Å². The van der Waals surface area contributed by atoms with Crippen molar-refractivity contribution in [1.82, 2.24) is 0 Å². The molecular formula is C9H5ClO2S. The van der Waals surface area contributed by atoms with Crippen molar-refractivity contribution in [2.75, 3.05) is 0 Å². The van der Waals surface area contributed by atoms with Crippen molar-refractivity contribution >= 4 is 39.0 Å². The Morgan fingerprint density at radius 3 is 2.85 bits per heavy atom. The van der Waals surface area contributed by atoms with Crippen molar-refractivity contribution in [3.05, 3.63) is 34.2 Å². The molecule has 2 aromatic rings. The van der Waals surface area contributed by atoms with Crippen LogP contribution in [0.1, 0.15) is 10.4 Å². The van der Waals surface area contributed by atoms with Gasteiger partial charge in [0.1, 0.15) is 0 Å². The third-order valence-corrected chi connectivity index (χ3v) is 2.96. The maximum absolute atomic E-state index is 10.6. The van der Waals surface area contributed by atoms with E-state index < -0.39 is 5.97 Å². The summed E-state index contributed by atoms with van der Waals surface area (Å²) < 4.78 is 1.59. The standard InChI is InChI=1S/C9H5ClO2S/c10-8-4-5-1-2-6(9(11)12)3-7(5)13-8/h1-4H,(H,11,12). The van der Waals surface area contributed by atoms with E-state index in [0.717, 1.165) is 10.1 Å². The third-order valence-electron chi connectivity index (χ3n) is 1.74. The first kappa shape index (κ1) is 8.53. The van der Waals surface area contributed by atoms with E-state index in [-0.39, 0.29) is 0 Å². The lowest BCUT2D eigenvalue weighted by molar-refractivity contribution is 0.0697. The summed E-state index contributed by atoms with van der Waals surface area (Å²) in [6.45, 7) is 0. The van der Waals surface area contributed by atoms with Crippen LogP contribution in [0.3, 0.4) is 0 Å². The minimum Gasteiger partial charge on any atom is -0.478 e. The lowest BCUT2D eigenvalue weighted by Crippen LogP contribution is -1.94. The van der Waals surface area contributed by atoms with Gasteiger partial charge in [0.2, 0.25) is 0 Å². The van der Waals surface area contributed by atoms with Crippen LogP contribution < -0.4 is 0 Å². The minimum absolute atomic E-state index is 0.297. The van der Waals surface area contributed by atoms with Gasteiger partial charge in [-0.2, -0.15) is 0 Å². The van der Waals surface area contributed by atoms with Gasteiger partial charge in [-0.05, 0) is 23.6 Å². The first-order chi connectivity index (χ1) is 6.16. The highest BCUT2D eigenvalue weighted by atomic mass is 35.5. The van der Waals surface area contributed by atoms with Gasteiger partial charge < -0.3 is 5.11 Å². The van der Waals surface area contributed by atoms with Crippen LogP contribution >= 0.6 is 22.9 Å². The smallest absolute Gasteiger partial charge is 0.335 e. The summed E-state index contributed by atoms with van der Waals surface area (Å²) in [5.41, 5.74) is 0.297. The van der Waals surface area contributed by atoms with Crippen LogP contribution in [0.15, 0.2) is 24.3 Å². The summed E-state index contributed by atoms with van der Waals surface area (Å²) in [5.74, 6) is -0.911. The van der Waals surface area contributed by atoms with Gasteiger partial charge in [-0.1, -0.05) is 17.7 Å². The number of fused-ring (bicyclic) bond motifs is 1. The van der Waals surface area contributed by atoms with Gasteiger partial charge in [0, 0.05) is 4.70 Å². The largest absolute Gasteiger partial charge is 0.478 e. The Bertz CT molecular complexity index is 475. The highest BCUT2D eigenvalue weighted by Gasteiger charge is 2.05. The fourth-order valence-electron chi connectivity index (χ4n) is 1.13. The van der Waals surface area contributed by atoms with Crippen LogP contribution in [-0.2, 0) is 0 Å². The number of hydrogen-bond acceptors (Lipinski definition) is 2. The molecule has 0 saturated heterocycles. The molecule has 2 rings (SSSR count). The number of hydrogen-bond donors (Lipinski definition) is 1. The van der Waals surface area contributed by atoms with Gasteiger partial charge in [-0.15, -0.1) is 11.3 Å². The van der Waals surface area contributed by atoms with E-state index in [4.69, 9.17) is 16.7 Å². The van der Waals surface area contributed by atoms with Crippen LogP contribution in [0.25, 0.3) is 10.1 Å². The lowest BCUT2D eigenvalue weighted by atomic mass is 10.2. The van der Waals surface area contributed by atoms with E-state index in [1.807, 2.05) is 6.07 Å². The summed E-state index contributed by atoms with van der Waals surface area (Å²) in [5, 5.41) is 9.71. The van der Waals surface area contributed by atoms with E-state index >= 15 is 0 Å². The molecule has 0 amide bonds. The molecule has 4 heteroatoms. The fourth-order valence-corrected chi connectivity index (χ4v) is 2.33. The van der Waals surface area contributed by atoms with Gasteiger partial charge in [-0.3, -0.25) is 0 Å². The Morgan fingerprint density at radius 1 is 1.38 bits per heavy atom. The minimum atomic E-state index is -0.911. The number of halogens is 1. The molecule has 66 valence electrons. The third kappa shape index (κ3) is 1.53. The Kier molecular flexibility index (Phi) is 1.98. The second-order valence-corrected chi connectivity index (χ2v) is 4.32. The summed E-state index contributed by atoms with van der Waals surface area (Å²) in [4.78, 5) is 10.6. The van der Waals surface area contributed by atoms with Crippen LogP contribution in [0.2, 0.25) is 4.34 Å². The van der Waals surface area contributed by atoms with Crippen molar-refractivity contribution in [2.24, 2.45) is 0 Å². The number of thiophene rings is 1. The molecule has 0 aliphatic rings. The molecule has 0 aliphatic heterocycles. The SMILES string of the molecule is O=C(O)c1ccc2cc(Cl)sc2c1. The summed E-state index contributed by atoms with van der Waals surface area (Å²) in [6.07, 6.45) is 0. The molecule has 2 nitrogen and oxygen atoms in total. The molecule has 0 spiro atoms. The zero-order chi connectivity index (χ0) is 9.42. The molecule has 0 radical (unpaired) electrons. The van der Waals surface area contributed by atoms with Crippen LogP contribution in [0.5, 0.6) is 0 Å². The number of carboxylic acids is 1. The van der Waals surface area contributed by atoms with Gasteiger partial charge in [0.25, 0.3) is 0 Å². The topological polar surface area (TPSA) is 37.3 Å². The average molecular weight is 213 g/mol. The summed E-state index contributed by atoms with van der Waals surface area (Å²) >= 11 is 7.17. The molecule has 0 atom stereocenters. The Labute approximate surface area is 83.4 Å². The first-order valence-corrected chi connectivity index (χ1v) is 4.78. The van der Waals surface area contributed by atoms with E-state index in [0.29, 0.717) is 9.90 Å². The first-order valence-electron chi connectivity index (χ1n) is 3.59. The van der Waals surface area contributed by atoms with Crippen molar-refractivity contribution in [3.8, 4) is 0 Å². The number of aromatic carboxylic acids is 1. The molecule has 0 aliphatic carbocycles. The van der Waals surface area contributed by atoms with E-state index in [2.05, 4.69) is 0 Å². The Balaban J connectivity index is 2.67. The highest BCUT2D eigenvalue weighted by Crippen LogP contribution is 2.29. The van der Waals surface area contributed by atoms with Crippen LogP contribution in [0, 0.1) is 0 Å². The zero-order valence-corrected chi connectivity index (χ0v) is 8.02. The molecule has 1 N–H and O–H groups in total. The van der Waals surface area contributed by atoms with E-state index in [1.165, 1.54) is 11.3 Å². The summed E-state index contributed by atoms with van der Waals surface area (Å²) in [6, 6.07) is 6.80. The van der Waals surface area contributed by atoms with Gasteiger partial charge in [0.05, 0.1) is 9.90 Å². The Morgan fingerprint density at radius 2 is 2.15 bits per heavy atom. The second-order valence-electron chi connectivity index (χ2n) is 2.61. The molecule has 0 saturated carbocycles. The molecule has 0 fully saturated rings. The quantitative estimate of drug-likeness (QED) is 0.788. The number of benzene rings is 1. The van der Waals surface area contributed by atoms with Gasteiger partial charge >= 0.3 is 5.97 Å². The van der Waals surface area contributed by atoms with Gasteiger partial charge in [-0.25, -0.2) is 4.79 Å². The van der Waals surface area contributed by atoms with Crippen LogP contribution in [0.4, 0.5) is 0 Å². The van der Waals surface area contributed by atoms with Crippen molar-refractivity contribution < 1.29 is 9.90 Å². The number of carbonyl (C=O) groups is 1. The predicted octanol–water partition coefficient (Wildman–Crippen LogP) is 3.25. The highest BCUT2D eigenvalue weighted by molar-refractivity contribution is 7.22. The predicted molar refractivity (Wildman–Crippen MR) is 53.8 cm³/mol. The molecule has 1 heterocycles. The molecule has 0 unspecified atom stereocenters. The Hall–Kier alpha value is -1.06.